The van der Waals surface area contributed by atoms with Crippen LogP contribution in [0.3, 0.4) is 0 Å². The Kier molecular flexibility index (Phi) is 8.51. The average Bonchev–Trinajstić information content (AvgIpc) is 3.22. The number of rotatable bonds is 11. The summed E-state index contributed by atoms with van der Waals surface area (Å²) in [6, 6.07) is 12.3. The zero-order valence-corrected chi connectivity index (χ0v) is 16.8. The molecule has 154 valence electrons. The molecule has 1 N–H and O–H groups in total. The number of aryl methyl sites for hydroxylation is 1. The van der Waals surface area contributed by atoms with Gasteiger partial charge in [-0.05, 0) is 24.6 Å². The van der Waals surface area contributed by atoms with E-state index in [0.717, 1.165) is 51.7 Å². The van der Waals surface area contributed by atoms with Gasteiger partial charge in [-0.15, -0.1) is 0 Å². The third kappa shape index (κ3) is 7.37. The number of hydrogen-bond donors (Lipinski definition) is 1. The van der Waals surface area contributed by atoms with Crippen molar-refractivity contribution < 1.29 is 19.0 Å². The van der Waals surface area contributed by atoms with E-state index >= 15 is 0 Å². The molecule has 1 aromatic heterocycles. The predicted molar refractivity (Wildman–Crippen MR) is 108 cm³/mol. The summed E-state index contributed by atoms with van der Waals surface area (Å²) in [5.41, 5.74) is 2.52. The van der Waals surface area contributed by atoms with E-state index in [1.54, 1.807) is 6.26 Å². The molecule has 1 atom stereocenters. The van der Waals surface area contributed by atoms with E-state index in [9.17, 15) is 5.11 Å². The molecule has 0 radical (unpaired) electrons. The van der Waals surface area contributed by atoms with E-state index < -0.39 is 6.10 Å². The maximum Gasteiger partial charge on any atom is 0.129 e. The molecule has 0 spiro atoms. The Hall–Kier alpha value is -1.70. The smallest absolute Gasteiger partial charge is 0.129 e. The number of aliphatic hydroxyl groups excluding tert-OH is 1. The van der Waals surface area contributed by atoms with Crippen LogP contribution < -0.4 is 0 Å². The van der Waals surface area contributed by atoms with Crippen LogP contribution in [-0.4, -0.2) is 73.6 Å². The lowest BCUT2D eigenvalue weighted by Crippen LogP contribution is -2.43. The standard InChI is InChI=1S/C22H32N2O4/c1-19-4-6-20(7-5-19)15-24(9-8-23-10-13-26-14-11-23)16-21(25)17-27-18-22-3-2-12-28-22/h2-7,12,21,25H,8-11,13-18H2,1H3/t21-/m0/s1. The van der Waals surface area contributed by atoms with Crippen LogP contribution in [0.15, 0.2) is 47.1 Å². The molecule has 28 heavy (non-hydrogen) atoms. The van der Waals surface area contributed by atoms with Crippen molar-refractivity contribution in [3.8, 4) is 0 Å². The zero-order valence-electron chi connectivity index (χ0n) is 16.8. The van der Waals surface area contributed by atoms with Crippen molar-refractivity contribution in [1.82, 2.24) is 9.80 Å². The quantitative estimate of drug-likeness (QED) is 0.637. The molecular formula is C22H32N2O4. The highest BCUT2D eigenvalue weighted by Crippen LogP contribution is 2.09. The van der Waals surface area contributed by atoms with Crippen LogP contribution in [0.1, 0.15) is 16.9 Å². The molecule has 1 saturated heterocycles. The van der Waals surface area contributed by atoms with Gasteiger partial charge in [0.25, 0.3) is 0 Å². The van der Waals surface area contributed by atoms with E-state index in [4.69, 9.17) is 13.9 Å². The molecule has 0 bridgehead atoms. The zero-order chi connectivity index (χ0) is 19.6. The van der Waals surface area contributed by atoms with Crippen molar-refractivity contribution in [2.24, 2.45) is 0 Å². The van der Waals surface area contributed by atoms with Gasteiger partial charge in [-0.1, -0.05) is 29.8 Å². The van der Waals surface area contributed by atoms with Gasteiger partial charge in [-0.25, -0.2) is 0 Å². The second-order valence-corrected chi connectivity index (χ2v) is 7.42. The third-order valence-electron chi connectivity index (χ3n) is 4.97. The first-order valence-electron chi connectivity index (χ1n) is 10.1. The van der Waals surface area contributed by atoms with Crippen molar-refractivity contribution in [1.29, 1.82) is 0 Å². The first-order chi connectivity index (χ1) is 13.7. The Morgan fingerprint density at radius 3 is 2.68 bits per heavy atom. The number of morpholine rings is 1. The van der Waals surface area contributed by atoms with Gasteiger partial charge in [-0.2, -0.15) is 0 Å². The minimum Gasteiger partial charge on any atom is -0.467 e. The van der Waals surface area contributed by atoms with E-state index in [-0.39, 0.29) is 0 Å². The highest BCUT2D eigenvalue weighted by molar-refractivity contribution is 5.21. The molecule has 2 heterocycles. The molecule has 1 aromatic carbocycles. The molecular weight excluding hydrogens is 356 g/mol. The predicted octanol–water partition coefficient (Wildman–Crippen LogP) is 2.30. The van der Waals surface area contributed by atoms with Crippen LogP contribution in [0, 0.1) is 6.92 Å². The Balaban J connectivity index is 1.48. The number of nitrogens with zero attached hydrogens (tertiary/aromatic N) is 2. The molecule has 1 aliphatic heterocycles. The highest BCUT2D eigenvalue weighted by Gasteiger charge is 2.16. The molecule has 1 aliphatic rings. The number of ether oxygens (including phenoxy) is 2. The summed E-state index contributed by atoms with van der Waals surface area (Å²) in [6.07, 6.45) is 1.09. The minimum absolute atomic E-state index is 0.294. The van der Waals surface area contributed by atoms with Gasteiger partial charge in [-0.3, -0.25) is 9.80 Å². The molecule has 6 nitrogen and oxygen atoms in total. The molecule has 0 amide bonds. The van der Waals surface area contributed by atoms with Crippen LogP contribution in [0.5, 0.6) is 0 Å². The first kappa shape index (κ1) is 21.0. The van der Waals surface area contributed by atoms with Gasteiger partial charge < -0.3 is 19.0 Å². The summed E-state index contributed by atoms with van der Waals surface area (Å²) >= 11 is 0. The molecule has 3 rings (SSSR count). The van der Waals surface area contributed by atoms with Gasteiger partial charge in [0.05, 0.1) is 32.2 Å². The number of benzene rings is 1. The van der Waals surface area contributed by atoms with Crippen molar-refractivity contribution >= 4 is 0 Å². The van der Waals surface area contributed by atoms with E-state index in [1.165, 1.54) is 11.1 Å². The number of aliphatic hydroxyl groups is 1. The molecule has 6 heteroatoms. The summed E-state index contributed by atoms with van der Waals surface area (Å²) < 4.78 is 16.3. The van der Waals surface area contributed by atoms with Gasteiger partial charge in [0.15, 0.2) is 0 Å². The first-order valence-corrected chi connectivity index (χ1v) is 10.1. The summed E-state index contributed by atoms with van der Waals surface area (Å²) in [5.74, 6) is 0.774. The second kappa shape index (κ2) is 11.3. The number of hydrogen-bond acceptors (Lipinski definition) is 6. The largest absolute Gasteiger partial charge is 0.467 e. The van der Waals surface area contributed by atoms with Crippen LogP contribution in [0.2, 0.25) is 0 Å². The van der Waals surface area contributed by atoms with Gasteiger partial charge in [0.2, 0.25) is 0 Å². The maximum absolute atomic E-state index is 10.5. The maximum atomic E-state index is 10.5. The molecule has 0 aliphatic carbocycles. The normalized spacial score (nSPS) is 16.5. The Labute approximate surface area is 167 Å². The van der Waals surface area contributed by atoms with E-state index in [1.807, 2.05) is 12.1 Å². The fourth-order valence-electron chi connectivity index (χ4n) is 3.34. The summed E-state index contributed by atoms with van der Waals surface area (Å²) in [7, 11) is 0. The molecule has 1 fully saturated rings. The fraction of sp³-hybridized carbons (Fsp3) is 0.545. The monoisotopic (exact) mass is 388 g/mol. The summed E-state index contributed by atoms with van der Waals surface area (Å²) in [6.45, 7) is 9.63. The number of furan rings is 1. The van der Waals surface area contributed by atoms with Gasteiger partial charge in [0, 0.05) is 39.3 Å². The summed E-state index contributed by atoms with van der Waals surface area (Å²) in [5, 5.41) is 10.5. The molecule has 2 aromatic rings. The highest BCUT2D eigenvalue weighted by atomic mass is 16.5. The Morgan fingerprint density at radius 2 is 1.96 bits per heavy atom. The van der Waals surface area contributed by atoms with Crippen molar-refractivity contribution in [3.63, 3.8) is 0 Å². The van der Waals surface area contributed by atoms with Crippen LogP contribution in [0.25, 0.3) is 0 Å². The minimum atomic E-state index is -0.537. The van der Waals surface area contributed by atoms with Crippen molar-refractivity contribution in [2.45, 2.75) is 26.2 Å². The van der Waals surface area contributed by atoms with Crippen molar-refractivity contribution in [2.75, 3.05) is 52.5 Å². The lowest BCUT2D eigenvalue weighted by Gasteiger charge is -2.31. The topological polar surface area (TPSA) is 58.3 Å². The van der Waals surface area contributed by atoms with Gasteiger partial charge >= 0.3 is 0 Å². The van der Waals surface area contributed by atoms with Crippen LogP contribution >= 0.6 is 0 Å². The Morgan fingerprint density at radius 1 is 1.18 bits per heavy atom. The van der Waals surface area contributed by atoms with E-state index in [2.05, 4.69) is 41.0 Å². The SMILES string of the molecule is Cc1ccc(CN(CCN2CCOCC2)C[C@H](O)COCc2ccco2)cc1. The fourth-order valence-corrected chi connectivity index (χ4v) is 3.34. The van der Waals surface area contributed by atoms with E-state index in [0.29, 0.717) is 19.8 Å². The third-order valence-corrected chi connectivity index (χ3v) is 4.97. The lowest BCUT2D eigenvalue weighted by atomic mass is 10.1. The van der Waals surface area contributed by atoms with Crippen LogP contribution in [0.4, 0.5) is 0 Å². The average molecular weight is 389 g/mol. The second-order valence-electron chi connectivity index (χ2n) is 7.42. The van der Waals surface area contributed by atoms with Gasteiger partial charge in [0.1, 0.15) is 12.4 Å². The van der Waals surface area contributed by atoms with Crippen molar-refractivity contribution in [3.05, 3.63) is 59.5 Å². The van der Waals surface area contributed by atoms with Crippen LogP contribution in [-0.2, 0) is 22.6 Å². The molecule has 0 unspecified atom stereocenters. The lowest BCUT2D eigenvalue weighted by molar-refractivity contribution is -0.00152. The molecule has 0 saturated carbocycles. The Bertz CT molecular complexity index is 654. The summed E-state index contributed by atoms with van der Waals surface area (Å²) in [4.78, 5) is 4.73.